The third kappa shape index (κ3) is 9.22. The van der Waals surface area contributed by atoms with E-state index in [4.69, 9.17) is 27.6 Å². The van der Waals surface area contributed by atoms with Crippen molar-refractivity contribution in [3.05, 3.63) is 110 Å². The zero-order chi connectivity index (χ0) is 38.7. The summed E-state index contributed by atoms with van der Waals surface area (Å²) in [7, 11) is 0. The van der Waals surface area contributed by atoms with Crippen LogP contribution in [0.5, 0.6) is 0 Å². The Balaban J connectivity index is 0.982. The number of unbranched alkanes of at least 4 members (excludes halogenated alkanes) is 2. The van der Waals surface area contributed by atoms with Gasteiger partial charge in [0.15, 0.2) is 0 Å². The van der Waals surface area contributed by atoms with Crippen molar-refractivity contribution in [1.29, 1.82) is 0 Å². The summed E-state index contributed by atoms with van der Waals surface area (Å²) in [6.45, 7) is 7.36. The fraction of sp³-hybridized carbons (Fsp3) is 0.200. The molecular formula is C40H34N8O8. The predicted octanol–water partition coefficient (Wildman–Crippen LogP) is 7.32. The molecule has 282 valence electrons. The van der Waals surface area contributed by atoms with Crippen molar-refractivity contribution in [2.45, 2.75) is 38.5 Å². The minimum Gasteiger partial charge on any atom is -0.463 e. The van der Waals surface area contributed by atoms with Crippen molar-refractivity contribution < 1.29 is 37.2 Å². The Hall–Kier alpha value is -7.36. The Morgan fingerprint density at radius 1 is 0.500 bits per heavy atom. The average molecular weight is 755 g/mol. The van der Waals surface area contributed by atoms with Crippen molar-refractivity contribution in [3.63, 3.8) is 0 Å². The number of esters is 2. The molecule has 0 unspecified atom stereocenters. The van der Waals surface area contributed by atoms with Gasteiger partial charge in [0.2, 0.25) is 35.1 Å². The maximum Gasteiger partial charge on any atom is 0.330 e. The average Bonchev–Trinajstić information content (AvgIpc) is 4.08. The lowest BCUT2D eigenvalue weighted by molar-refractivity contribution is -0.138. The van der Waals surface area contributed by atoms with Gasteiger partial charge in [0.05, 0.1) is 13.2 Å². The van der Waals surface area contributed by atoms with Crippen molar-refractivity contribution in [3.8, 4) is 68.5 Å². The fourth-order valence-electron chi connectivity index (χ4n) is 5.46. The summed E-state index contributed by atoms with van der Waals surface area (Å²) >= 11 is 0. The maximum atomic E-state index is 11.2. The van der Waals surface area contributed by atoms with Gasteiger partial charge in [-0.05, 0) is 56.0 Å². The second-order valence-corrected chi connectivity index (χ2v) is 12.3. The number of hydrogen-bond donors (Lipinski definition) is 0. The Morgan fingerprint density at radius 3 is 1.27 bits per heavy atom. The summed E-state index contributed by atoms with van der Waals surface area (Å²) in [5.41, 5.74) is 4.18. The molecule has 0 N–H and O–H groups in total. The summed E-state index contributed by atoms with van der Waals surface area (Å²) in [5, 5.41) is 16.7. The van der Waals surface area contributed by atoms with Crippen LogP contribution in [-0.4, -0.2) is 65.7 Å². The van der Waals surface area contributed by atoms with E-state index in [0.717, 1.165) is 23.3 Å². The van der Waals surface area contributed by atoms with E-state index in [1.165, 1.54) is 0 Å². The van der Waals surface area contributed by atoms with Gasteiger partial charge in [-0.3, -0.25) is 0 Å². The van der Waals surface area contributed by atoms with E-state index in [2.05, 4.69) is 53.7 Å². The monoisotopic (exact) mass is 754 g/mol. The Bertz CT molecular complexity index is 2300. The molecule has 0 aliphatic rings. The number of ether oxygens (including phenoxy) is 2. The molecule has 16 nitrogen and oxygen atoms in total. The molecule has 0 saturated heterocycles. The number of rotatable bonds is 18. The van der Waals surface area contributed by atoms with Gasteiger partial charge in [-0.1, -0.05) is 76.2 Å². The Morgan fingerprint density at radius 2 is 0.857 bits per heavy atom. The molecule has 0 aliphatic heterocycles. The van der Waals surface area contributed by atoms with Crippen LogP contribution in [0.1, 0.15) is 37.5 Å². The molecule has 4 heterocycles. The highest BCUT2D eigenvalue weighted by Gasteiger charge is 2.17. The molecular weight excluding hydrogens is 720 g/mol. The van der Waals surface area contributed by atoms with Crippen LogP contribution in [0.2, 0.25) is 0 Å². The van der Waals surface area contributed by atoms with Crippen molar-refractivity contribution >= 4 is 11.9 Å². The highest BCUT2D eigenvalue weighted by molar-refractivity contribution is 5.81. The summed E-state index contributed by atoms with van der Waals surface area (Å²) in [6, 6.07) is 22.2. The number of carbonyl (C=O) groups is 2. The summed E-state index contributed by atoms with van der Waals surface area (Å²) in [5.74, 6) is 2.30. The normalized spacial score (nSPS) is 11.0. The van der Waals surface area contributed by atoms with Gasteiger partial charge in [-0.25, -0.2) is 9.59 Å². The number of carbonyl (C=O) groups excluding carboxylic acids is 2. The minimum atomic E-state index is -0.445. The van der Waals surface area contributed by atoms with Gasteiger partial charge in [-0.2, -0.15) is 19.9 Å². The summed E-state index contributed by atoms with van der Waals surface area (Å²) < 4.78 is 32.1. The van der Waals surface area contributed by atoms with Crippen molar-refractivity contribution in [1.82, 2.24) is 40.6 Å². The zero-order valence-electron chi connectivity index (χ0n) is 30.0. The quantitative estimate of drug-likeness (QED) is 0.0477. The number of hydrogen-bond acceptors (Lipinski definition) is 16. The van der Waals surface area contributed by atoms with Crippen molar-refractivity contribution in [2.24, 2.45) is 0 Å². The van der Waals surface area contributed by atoms with E-state index in [1.54, 1.807) is 0 Å². The highest BCUT2D eigenvalue weighted by Crippen LogP contribution is 2.30. The van der Waals surface area contributed by atoms with E-state index < -0.39 is 11.9 Å². The molecule has 0 spiro atoms. The summed E-state index contributed by atoms with van der Waals surface area (Å²) in [6.07, 6.45) is 6.12. The van der Waals surface area contributed by atoms with Crippen LogP contribution in [0.4, 0.5) is 0 Å². The van der Waals surface area contributed by atoms with E-state index >= 15 is 0 Å². The third-order valence-corrected chi connectivity index (χ3v) is 8.29. The molecule has 3 aromatic carbocycles. The molecule has 0 bridgehead atoms. The molecule has 16 heteroatoms. The smallest absolute Gasteiger partial charge is 0.330 e. The largest absolute Gasteiger partial charge is 0.463 e. The standard InChI is InChI=1S/C40H34N8O8/c1-3-33(49)51-20-7-5-18-31-41-35(45-53-31)27-14-10-16-29(23-27)39-43-37(47-55-39)25-12-9-13-26(22-25)38-44-40(56-48-38)30-17-11-15-28(24-30)36-42-32(54-46-36)19-6-8-21-52-34(50)4-2/h3-4,9-17,22-24H,1-2,5-8,18-21H2. The highest BCUT2D eigenvalue weighted by atomic mass is 16.5. The van der Waals surface area contributed by atoms with Gasteiger partial charge in [-0.15, -0.1) is 0 Å². The molecule has 0 saturated carbocycles. The van der Waals surface area contributed by atoms with E-state index in [-0.39, 0.29) is 0 Å². The molecule has 0 fully saturated rings. The molecule has 0 radical (unpaired) electrons. The number of nitrogens with zero attached hydrogens (tertiary/aromatic N) is 8. The number of benzene rings is 3. The van der Waals surface area contributed by atoms with E-state index in [9.17, 15) is 9.59 Å². The van der Waals surface area contributed by atoms with Crippen LogP contribution in [0.15, 0.2) is 116 Å². The van der Waals surface area contributed by atoms with Gasteiger partial charge in [0.25, 0.3) is 11.8 Å². The molecule has 4 aromatic heterocycles. The van der Waals surface area contributed by atoms with Gasteiger partial charge in [0, 0.05) is 58.4 Å². The lowest BCUT2D eigenvalue weighted by Crippen LogP contribution is -2.02. The van der Waals surface area contributed by atoms with Crippen LogP contribution < -0.4 is 0 Å². The zero-order valence-corrected chi connectivity index (χ0v) is 30.0. The lowest BCUT2D eigenvalue weighted by atomic mass is 10.1. The number of aryl methyl sites for hydroxylation is 2. The lowest BCUT2D eigenvalue weighted by Gasteiger charge is -2.00. The predicted molar refractivity (Wildman–Crippen MR) is 199 cm³/mol. The molecule has 0 aliphatic carbocycles. The second-order valence-electron chi connectivity index (χ2n) is 12.3. The first kappa shape index (κ1) is 37.0. The SMILES string of the molecule is C=CC(=O)OCCCCc1nc(-c2cccc(-c3nc(-c4cccc(-c5noc(-c6cccc(-c7noc(CCCCOC(=O)C=C)n7)c6)n5)c4)no3)c2)no1. The van der Waals surface area contributed by atoms with Crippen LogP contribution in [0, 0.1) is 0 Å². The first-order chi connectivity index (χ1) is 27.4. The molecule has 56 heavy (non-hydrogen) atoms. The van der Waals surface area contributed by atoms with E-state index in [0.29, 0.717) is 121 Å². The van der Waals surface area contributed by atoms with Crippen LogP contribution >= 0.6 is 0 Å². The fourth-order valence-corrected chi connectivity index (χ4v) is 5.46. The number of aromatic nitrogens is 8. The van der Waals surface area contributed by atoms with Crippen LogP contribution in [0.25, 0.3) is 68.5 Å². The van der Waals surface area contributed by atoms with E-state index in [1.807, 2.05) is 72.8 Å². The van der Waals surface area contributed by atoms with Gasteiger partial charge in [0.1, 0.15) is 0 Å². The molecule has 7 aromatic rings. The first-order valence-electron chi connectivity index (χ1n) is 17.7. The minimum absolute atomic E-state index is 0.298. The van der Waals surface area contributed by atoms with Crippen LogP contribution in [0.3, 0.4) is 0 Å². The first-order valence-corrected chi connectivity index (χ1v) is 17.7. The second kappa shape index (κ2) is 17.6. The molecule has 7 rings (SSSR count). The molecule has 0 amide bonds. The van der Waals surface area contributed by atoms with Gasteiger partial charge >= 0.3 is 11.9 Å². The topological polar surface area (TPSA) is 208 Å². The molecule has 0 atom stereocenters. The van der Waals surface area contributed by atoms with Crippen molar-refractivity contribution in [2.75, 3.05) is 13.2 Å². The Kier molecular flexibility index (Phi) is 11.6. The summed E-state index contributed by atoms with van der Waals surface area (Å²) in [4.78, 5) is 40.7. The third-order valence-electron chi connectivity index (χ3n) is 8.29. The van der Waals surface area contributed by atoms with Crippen LogP contribution in [-0.2, 0) is 31.9 Å². The Labute approximate surface area is 319 Å². The van der Waals surface area contributed by atoms with Gasteiger partial charge < -0.3 is 27.6 Å². The maximum absolute atomic E-state index is 11.2.